The van der Waals surface area contributed by atoms with Crippen molar-refractivity contribution in [1.82, 2.24) is 9.21 Å². The molecular formula is C13H26N2O4S. The summed E-state index contributed by atoms with van der Waals surface area (Å²) >= 11 is 0. The number of rotatable bonds is 7. The molecule has 0 saturated carbocycles. The Hall–Kier alpha value is -0.660. The summed E-state index contributed by atoms with van der Waals surface area (Å²) < 4.78 is 29.5. The lowest BCUT2D eigenvalue weighted by atomic mass is 10.00. The molecule has 0 radical (unpaired) electrons. The van der Waals surface area contributed by atoms with Crippen LogP contribution in [0.2, 0.25) is 0 Å². The quantitative estimate of drug-likeness (QED) is 0.694. The van der Waals surface area contributed by atoms with Gasteiger partial charge in [-0.3, -0.25) is 4.79 Å². The molecule has 1 aliphatic rings. The van der Waals surface area contributed by atoms with Crippen LogP contribution in [-0.2, 0) is 19.6 Å². The Balaban J connectivity index is 2.69. The normalized spacial score (nSPS) is 20.4. The van der Waals surface area contributed by atoms with Gasteiger partial charge in [0.25, 0.3) is 0 Å². The zero-order chi connectivity index (χ0) is 15.2. The average molecular weight is 306 g/mol. The van der Waals surface area contributed by atoms with Crippen LogP contribution < -0.4 is 0 Å². The summed E-state index contributed by atoms with van der Waals surface area (Å²) in [6.07, 6.45) is 5.20. The summed E-state index contributed by atoms with van der Waals surface area (Å²) in [5.74, 6) is -0.0990. The molecule has 1 heterocycles. The van der Waals surface area contributed by atoms with Gasteiger partial charge in [0.05, 0.1) is 19.4 Å². The molecule has 0 aromatic rings. The smallest absolute Gasteiger partial charge is 0.238 e. The lowest BCUT2D eigenvalue weighted by Crippen LogP contribution is -2.49. The first-order valence-corrected chi connectivity index (χ1v) is 8.98. The maximum Gasteiger partial charge on any atom is 0.238 e. The highest BCUT2D eigenvalue weighted by molar-refractivity contribution is 7.88. The van der Waals surface area contributed by atoms with E-state index in [2.05, 4.69) is 6.92 Å². The Morgan fingerprint density at radius 2 is 2.10 bits per heavy atom. The van der Waals surface area contributed by atoms with Gasteiger partial charge in [0.2, 0.25) is 15.9 Å². The molecule has 0 aromatic carbocycles. The average Bonchev–Trinajstić information content (AvgIpc) is 2.41. The molecule has 0 aromatic heterocycles. The molecule has 1 unspecified atom stereocenters. The van der Waals surface area contributed by atoms with Crippen molar-refractivity contribution >= 4 is 15.9 Å². The van der Waals surface area contributed by atoms with Crippen molar-refractivity contribution in [3.05, 3.63) is 0 Å². The van der Waals surface area contributed by atoms with Crippen molar-refractivity contribution < 1.29 is 17.9 Å². The van der Waals surface area contributed by atoms with E-state index in [-0.39, 0.29) is 31.6 Å². The fourth-order valence-corrected chi connectivity index (χ4v) is 3.30. The van der Waals surface area contributed by atoms with Crippen LogP contribution >= 0.6 is 0 Å². The second-order valence-corrected chi connectivity index (χ2v) is 7.22. The predicted octanol–water partition coefficient (Wildman–Crippen LogP) is 0.686. The van der Waals surface area contributed by atoms with E-state index < -0.39 is 10.0 Å². The number of ether oxygens (including phenoxy) is 1. The van der Waals surface area contributed by atoms with E-state index in [1.54, 1.807) is 0 Å². The second-order valence-electron chi connectivity index (χ2n) is 5.23. The van der Waals surface area contributed by atoms with Gasteiger partial charge in [0, 0.05) is 26.2 Å². The zero-order valence-corrected chi connectivity index (χ0v) is 13.5. The molecule has 1 aliphatic heterocycles. The molecule has 0 spiro atoms. The predicted molar refractivity (Wildman–Crippen MR) is 77.9 cm³/mol. The number of carbonyl (C=O) groups is 1. The number of likely N-dealkylation sites (tertiary alicyclic amines) is 1. The minimum absolute atomic E-state index is 0.0846. The standard InChI is InChI=1S/C13H26N2O4S/c1-4-12-7-5-6-8-15(12)13(16)11-14(9-10-19-2)20(3,17)18/h12H,4-11H2,1-3H3. The Morgan fingerprint density at radius 1 is 1.40 bits per heavy atom. The Bertz CT molecular complexity index is 411. The highest BCUT2D eigenvalue weighted by Crippen LogP contribution is 2.19. The van der Waals surface area contributed by atoms with E-state index in [0.717, 1.165) is 38.5 Å². The van der Waals surface area contributed by atoms with E-state index in [4.69, 9.17) is 4.74 Å². The number of hydrogen-bond acceptors (Lipinski definition) is 4. The summed E-state index contributed by atoms with van der Waals surface area (Å²) in [7, 11) is -1.88. The first kappa shape index (κ1) is 17.4. The molecule has 1 atom stereocenters. The van der Waals surface area contributed by atoms with Crippen LogP contribution in [0.15, 0.2) is 0 Å². The van der Waals surface area contributed by atoms with E-state index in [1.807, 2.05) is 4.90 Å². The third-order valence-electron chi connectivity index (χ3n) is 3.74. The topological polar surface area (TPSA) is 66.9 Å². The molecule has 20 heavy (non-hydrogen) atoms. The number of hydrogen-bond donors (Lipinski definition) is 0. The molecule has 1 saturated heterocycles. The summed E-state index contributed by atoms with van der Waals surface area (Å²) in [4.78, 5) is 14.2. The maximum atomic E-state index is 12.4. The van der Waals surface area contributed by atoms with Crippen LogP contribution in [0.5, 0.6) is 0 Å². The molecule has 1 fully saturated rings. The van der Waals surface area contributed by atoms with Crippen LogP contribution in [0.4, 0.5) is 0 Å². The largest absolute Gasteiger partial charge is 0.383 e. The lowest BCUT2D eigenvalue weighted by molar-refractivity contribution is -0.135. The minimum Gasteiger partial charge on any atom is -0.383 e. The number of sulfonamides is 1. The highest BCUT2D eigenvalue weighted by atomic mass is 32.2. The van der Waals surface area contributed by atoms with Gasteiger partial charge in [-0.25, -0.2) is 8.42 Å². The maximum absolute atomic E-state index is 12.4. The van der Waals surface area contributed by atoms with Crippen molar-refractivity contribution in [3.63, 3.8) is 0 Å². The van der Waals surface area contributed by atoms with Gasteiger partial charge >= 0.3 is 0 Å². The van der Waals surface area contributed by atoms with Crippen molar-refractivity contribution in [2.24, 2.45) is 0 Å². The lowest BCUT2D eigenvalue weighted by Gasteiger charge is -2.36. The Labute approximate surface area is 122 Å². The summed E-state index contributed by atoms with van der Waals surface area (Å²) in [5.41, 5.74) is 0. The Morgan fingerprint density at radius 3 is 2.65 bits per heavy atom. The van der Waals surface area contributed by atoms with Gasteiger partial charge in [0.1, 0.15) is 0 Å². The molecule has 118 valence electrons. The number of piperidine rings is 1. The number of carbonyl (C=O) groups excluding carboxylic acids is 1. The molecule has 0 bridgehead atoms. The molecule has 0 N–H and O–H groups in total. The van der Waals surface area contributed by atoms with E-state index in [0.29, 0.717) is 0 Å². The van der Waals surface area contributed by atoms with Gasteiger partial charge in [-0.1, -0.05) is 6.92 Å². The van der Waals surface area contributed by atoms with E-state index >= 15 is 0 Å². The number of nitrogens with zero attached hydrogens (tertiary/aromatic N) is 2. The monoisotopic (exact) mass is 306 g/mol. The Kier molecular flexibility index (Phi) is 6.91. The molecule has 7 heteroatoms. The van der Waals surface area contributed by atoms with Gasteiger partial charge in [-0.2, -0.15) is 4.31 Å². The molecule has 1 amide bonds. The van der Waals surface area contributed by atoms with Crippen LogP contribution in [-0.4, -0.2) is 69.2 Å². The van der Waals surface area contributed by atoms with Gasteiger partial charge in [-0.05, 0) is 25.7 Å². The summed E-state index contributed by atoms with van der Waals surface area (Å²) in [6.45, 7) is 3.22. The van der Waals surface area contributed by atoms with Crippen LogP contribution in [0, 0.1) is 0 Å². The van der Waals surface area contributed by atoms with Gasteiger partial charge in [-0.15, -0.1) is 0 Å². The first-order chi connectivity index (χ1) is 9.40. The number of amides is 1. The molecule has 1 rings (SSSR count). The fourth-order valence-electron chi connectivity index (χ4n) is 2.55. The number of methoxy groups -OCH3 is 1. The fraction of sp³-hybridized carbons (Fsp3) is 0.923. The zero-order valence-electron chi connectivity index (χ0n) is 12.7. The summed E-state index contributed by atoms with van der Waals surface area (Å²) in [5, 5.41) is 0. The van der Waals surface area contributed by atoms with Crippen molar-refractivity contribution in [3.8, 4) is 0 Å². The third kappa shape index (κ3) is 5.03. The molecular weight excluding hydrogens is 280 g/mol. The van der Waals surface area contributed by atoms with Crippen molar-refractivity contribution in [2.75, 3.05) is 39.6 Å². The second kappa shape index (κ2) is 7.95. The molecule has 6 nitrogen and oxygen atoms in total. The molecule has 0 aliphatic carbocycles. The highest BCUT2D eigenvalue weighted by Gasteiger charge is 2.28. The van der Waals surface area contributed by atoms with E-state index in [9.17, 15) is 13.2 Å². The SMILES string of the molecule is CCC1CCCCN1C(=O)CN(CCOC)S(C)(=O)=O. The van der Waals surface area contributed by atoms with Crippen molar-refractivity contribution in [2.45, 2.75) is 38.6 Å². The van der Waals surface area contributed by atoms with Crippen LogP contribution in [0.3, 0.4) is 0 Å². The van der Waals surface area contributed by atoms with Crippen LogP contribution in [0.1, 0.15) is 32.6 Å². The van der Waals surface area contributed by atoms with Crippen LogP contribution in [0.25, 0.3) is 0 Å². The summed E-state index contributed by atoms with van der Waals surface area (Å²) in [6, 6.07) is 0.250. The van der Waals surface area contributed by atoms with Gasteiger partial charge in [0.15, 0.2) is 0 Å². The first-order valence-electron chi connectivity index (χ1n) is 7.13. The van der Waals surface area contributed by atoms with Crippen molar-refractivity contribution in [1.29, 1.82) is 0 Å². The minimum atomic E-state index is -3.39. The van der Waals surface area contributed by atoms with E-state index in [1.165, 1.54) is 11.4 Å². The van der Waals surface area contributed by atoms with Gasteiger partial charge < -0.3 is 9.64 Å². The third-order valence-corrected chi connectivity index (χ3v) is 4.99.